The van der Waals surface area contributed by atoms with E-state index < -0.39 is 23.0 Å². The van der Waals surface area contributed by atoms with Gasteiger partial charge in [0.05, 0.1) is 18.1 Å². The number of aliphatic carboxylic acids is 1. The molecule has 2 saturated carbocycles. The maximum atomic E-state index is 11.8. The zero-order valence-electron chi connectivity index (χ0n) is 12.5. The van der Waals surface area contributed by atoms with Crippen molar-refractivity contribution in [2.45, 2.75) is 63.8 Å². The quantitative estimate of drug-likeness (QED) is 0.762. The predicted molar refractivity (Wildman–Crippen MR) is 76.7 cm³/mol. The first-order chi connectivity index (χ1) is 9.93. The number of aliphatic hydroxyl groups excluding tert-OH is 1. The van der Waals surface area contributed by atoms with Crippen molar-refractivity contribution in [1.82, 2.24) is 14.9 Å². The molecule has 2 aliphatic carbocycles. The predicted octanol–water partition coefficient (Wildman–Crippen LogP) is 1.31. The Hall–Kier alpha value is -1.40. The van der Waals surface area contributed by atoms with Crippen molar-refractivity contribution in [1.29, 1.82) is 0 Å². The first kappa shape index (κ1) is 14.5. The third-order valence-electron chi connectivity index (χ3n) is 5.47. The van der Waals surface area contributed by atoms with Crippen LogP contribution in [-0.4, -0.2) is 37.4 Å². The molecule has 2 unspecified atom stereocenters. The van der Waals surface area contributed by atoms with E-state index in [4.69, 9.17) is 0 Å². The number of carboxylic acid groups (broad SMARTS) is 1. The number of aliphatic hydroxyl groups is 1. The monoisotopic (exact) mass is 293 g/mol. The van der Waals surface area contributed by atoms with Gasteiger partial charge in [-0.3, -0.25) is 10.1 Å². The Morgan fingerprint density at radius 3 is 2.76 bits per heavy atom. The lowest BCUT2D eigenvalue weighted by atomic mass is 9.43. The van der Waals surface area contributed by atoms with Gasteiger partial charge >= 0.3 is 5.97 Å². The molecule has 6 nitrogen and oxygen atoms in total. The molecule has 3 rings (SSSR count). The molecular formula is C15H23N3O3. The number of nitrogens with zero attached hydrogens (tertiary/aromatic N) is 2. The second-order valence-corrected chi connectivity index (χ2v) is 6.68. The van der Waals surface area contributed by atoms with Crippen LogP contribution in [0.15, 0.2) is 12.5 Å². The second kappa shape index (κ2) is 4.81. The molecule has 6 heteroatoms. The van der Waals surface area contributed by atoms with Gasteiger partial charge in [-0.1, -0.05) is 6.42 Å². The van der Waals surface area contributed by atoms with E-state index in [9.17, 15) is 15.0 Å². The van der Waals surface area contributed by atoms with Crippen LogP contribution in [0.5, 0.6) is 0 Å². The first-order valence-corrected chi connectivity index (χ1v) is 7.60. The van der Waals surface area contributed by atoms with E-state index >= 15 is 0 Å². The van der Waals surface area contributed by atoms with Crippen LogP contribution in [0.3, 0.4) is 0 Å². The molecule has 1 aromatic rings. The van der Waals surface area contributed by atoms with Gasteiger partial charge in [-0.2, -0.15) is 0 Å². The summed E-state index contributed by atoms with van der Waals surface area (Å²) in [4.78, 5) is 16.0. The number of aromatic nitrogens is 2. The number of rotatable bonds is 5. The highest BCUT2D eigenvalue weighted by Gasteiger charge is 2.71. The van der Waals surface area contributed by atoms with Gasteiger partial charge in [-0.05, 0) is 26.7 Å². The second-order valence-electron chi connectivity index (χ2n) is 6.68. The molecule has 0 bridgehead atoms. The number of nitrogens with one attached hydrogen (secondary N) is 1. The van der Waals surface area contributed by atoms with Crippen LogP contribution in [0.1, 0.15) is 51.3 Å². The molecule has 0 amide bonds. The number of hydrogen-bond acceptors (Lipinski definition) is 4. The molecule has 1 heterocycles. The van der Waals surface area contributed by atoms with Crippen molar-refractivity contribution >= 4 is 5.97 Å². The maximum absolute atomic E-state index is 11.8. The molecule has 0 saturated heterocycles. The van der Waals surface area contributed by atoms with E-state index in [0.717, 1.165) is 25.0 Å². The summed E-state index contributed by atoms with van der Waals surface area (Å²) in [5.74, 6) is -0.844. The molecule has 0 radical (unpaired) electrons. The molecule has 2 atom stereocenters. The molecule has 21 heavy (non-hydrogen) atoms. The van der Waals surface area contributed by atoms with E-state index in [2.05, 4.69) is 24.1 Å². The molecular weight excluding hydrogens is 270 g/mol. The average Bonchev–Trinajstić information content (AvgIpc) is 2.79. The van der Waals surface area contributed by atoms with Gasteiger partial charge in [0.1, 0.15) is 5.54 Å². The van der Waals surface area contributed by atoms with Crippen molar-refractivity contribution in [3.63, 3.8) is 0 Å². The topological polar surface area (TPSA) is 87.4 Å². The highest BCUT2D eigenvalue weighted by atomic mass is 16.4. The summed E-state index contributed by atoms with van der Waals surface area (Å²) in [6.45, 7) is 4.59. The summed E-state index contributed by atoms with van der Waals surface area (Å²) in [6.07, 6.45) is 5.91. The van der Waals surface area contributed by atoms with Crippen molar-refractivity contribution in [2.24, 2.45) is 5.41 Å². The Kier molecular flexibility index (Phi) is 3.33. The van der Waals surface area contributed by atoms with Gasteiger partial charge in [-0.25, -0.2) is 4.98 Å². The highest BCUT2D eigenvalue weighted by molar-refractivity contribution is 5.82. The van der Waals surface area contributed by atoms with Crippen LogP contribution < -0.4 is 5.32 Å². The first-order valence-electron chi connectivity index (χ1n) is 7.60. The summed E-state index contributed by atoms with van der Waals surface area (Å²) in [7, 11) is 0. The average molecular weight is 293 g/mol. The summed E-state index contributed by atoms with van der Waals surface area (Å²) >= 11 is 0. The maximum Gasteiger partial charge on any atom is 0.324 e. The normalized spacial score (nSPS) is 30.2. The summed E-state index contributed by atoms with van der Waals surface area (Å²) in [6, 6.07) is 0.287. The van der Waals surface area contributed by atoms with Crippen molar-refractivity contribution in [2.75, 3.05) is 0 Å². The third kappa shape index (κ3) is 1.85. The lowest BCUT2D eigenvalue weighted by Gasteiger charge is -2.65. The highest BCUT2D eigenvalue weighted by Crippen LogP contribution is 2.62. The van der Waals surface area contributed by atoms with Gasteiger partial charge < -0.3 is 14.8 Å². The van der Waals surface area contributed by atoms with Crippen LogP contribution in [0.25, 0.3) is 0 Å². The Labute approximate surface area is 124 Å². The standard InChI is InChI=1S/C15H23N3O3/c1-10(2)18-9-16-7-11(18)8-17-15(13(20)21)6-12(19)14(15)4-3-5-14/h7,9-10,12,17,19H,3-6,8H2,1-2H3,(H,20,21). The Bertz CT molecular complexity index is 550. The molecule has 1 spiro atoms. The van der Waals surface area contributed by atoms with Crippen molar-refractivity contribution in [3.8, 4) is 0 Å². The molecule has 2 aliphatic rings. The lowest BCUT2D eigenvalue weighted by Crippen LogP contribution is -2.78. The van der Waals surface area contributed by atoms with Crippen LogP contribution >= 0.6 is 0 Å². The Morgan fingerprint density at radius 1 is 1.57 bits per heavy atom. The molecule has 2 fully saturated rings. The fourth-order valence-corrected chi connectivity index (χ4v) is 3.96. The van der Waals surface area contributed by atoms with Crippen LogP contribution in [-0.2, 0) is 11.3 Å². The number of carbonyl (C=O) groups is 1. The largest absolute Gasteiger partial charge is 0.480 e. The van der Waals surface area contributed by atoms with E-state index in [0.29, 0.717) is 6.54 Å². The van der Waals surface area contributed by atoms with Crippen LogP contribution in [0.4, 0.5) is 0 Å². The SMILES string of the molecule is CC(C)n1cncc1CNC1(C(=O)O)CC(O)C12CCC2. The Balaban J connectivity index is 1.79. The van der Waals surface area contributed by atoms with Gasteiger partial charge in [0.2, 0.25) is 0 Å². The van der Waals surface area contributed by atoms with Gasteiger partial charge in [0.15, 0.2) is 0 Å². The fraction of sp³-hybridized carbons (Fsp3) is 0.733. The zero-order valence-corrected chi connectivity index (χ0v) is 12.5. The van der Waals surface area contributed by atoms with E-state index in [-0.39, 0.29) is 12.5 Å². The van der Waals surface area contributed by atoms with Gasteiger partial charge in [0, 0.05) is 30.6 Å². The smallest absolute Gasteiger partial charge is 0.324 e. The summed E-state index contributed by atoms with van der Waals surface area (Å²) < 4.78 is 2.03. The van der Waals surface area contributed by atoms with Gasteiger partial charge in [-0.15, -0.1) is 0 Å². The molecule has 0 aromatic carbocycles. The number of hydrogen-bond donors (Lipinski definition) is 3. The molecule has 3 N–H and O–H groups in total. The summed E-state index contributed by atoms with van der Waals surface area (Å²) in [5, 5.41) is 23.0. The van der Waals surface area contributed by atoms with Gasteiger partial charge in [0.25, 0.3) is 0 Å². The van der Waals surface area contributed by atoms with E-state index in [1.54, 1.807) is 12.5 Å². The van der Waals surface area contributed by atoms with E-state index in [1.807, 2.05) is 4.57 Å². The minimum Gasteiger partial charge on any atom is -0.480 e. The minimum atomic E-state index is -0.989. The van der Waals surface area contributed by atoms with Crippen LogP contribution in [0.2, 0.25) is 0 Å². The molecule has 116 valence electrons. The Morgan fingerprint density at radius 2 is 2.29 bits per heavy atom. The van der Waals surface area contributed by atoms with Crippen LogP contribution in [0, 0.1) is 5.41 Å². The van der Waals surface area contributed by atoms with Crippen molar-refractivity contribution < 1.29 is 15.0 Å². The zero-order chi connectivity index (χ0) is 15.3. The molecule has 1 aromatic heterocycles. The fourth-order valence-electron chi connectivity index (χ4n) is 3.96. The minimum absolute atomic E-state index is 0.287. The van der Waals surface area contributed by atoms with E-state index in [1.165, 1.54) is 0 Å². The molecule has 0 aliphatic heterocycles. The number of imidazole rings is 1. The number of carboxylic acids is 1. The lowest BCUT2D eigenvalue weighted by molar-refractivity contribution is -0.215. The third-order valence-corrected chi connectivity index (χ3v) is 5.47. The van der Waals surface area contributed by atoms with Crippen molar-refractivity contribution in [3.05, 3.63) is 18.2 Å². The summed E-state index contributed by atoms with van der Waals surface area (Å²) in [5.41, 5.74) is -0.486.